The van der Waals surface area contributed by atoms with Gasteiger partial charge in [0.05, 0.1) is 11.4 Å². The fraction of sp³-hybridized carbons (Fsp3) is 0. The molecule has 1 N–H and O–H groups in total. The van der Waals surface area contributed by atoms with Gasteiger partial charge >= 0.3 is 6.03 Å². The molecule has 0 fully saturated rings. The van der Waals surface area contributed by atoms with Gasteiger partial charge in [0, 0.05) is 15.7 Å². The van der Waals surface area contributed by atoms with Crippen LogP contribution in [0.2, 0.25) is 10.0 Å². The fourth-order valence-corrected chi connectivity index (χ4v) is 2.87. The fourth-order valence-electron chi connectivity index (χ4n) is 2.34. The predicted molar refractivity (Wildman–Crippen MR) is 101 cm³/mol. The first-order chi connectivity index (χ1) is 11.6. The zero-order valence-electron chi connectivity index (χ0n) is 12.6. The van der Waals surface area contributed by atoms with Crippen LogP contribution in [0, 0.1) is 0 Å². The molecule has 3 aromatic carbocycles. The number of urea groups is 1. The lowest BCUT2D eigenvalue weighted by Crippen LogP contribution is -2.30. The molecule has 2 amide bonds. The molecule has 3 nitrogen and oxygen atoms in total. The zero-order chi connectivity index (χ0) is 16.9. The van der Waals surface area contributed by atoms with Crippen LogP contribution < -0.4 is 10.2 Å². The van der Waals surface area contributed by atoms with E-state index in [2.05, 4.69) is 5.32 Å². The Bertz CT molecular complexity index is 779. The third kappa shape index (κ3) is 3.88. The van der Waals surface area contributed by atoms with Crippen molar-refractivity contribution in [2.24, 2.45) is 0 Å². The molecule has 3 aromatic rings. The summed E-state index contributed by atoms with van der Waals surface area (Å²) in [6.07, 6.45) is 0. The van der Waals surface area contributed by atoms with Gasteiger partial charge in [-0.1, -0.05) is 59.6 Å². The molecule has 120 valence electrons. The van der Waals surface area contributed by atoms with Gasteiger partial charge in [-0.25, -0.2) is 4.79 Å². The van der Waals surface area contributed by atoms with E-state index in [9.17, 15) is 4.79 Å². The topological polar surface area (TPSA) is 32.3 Å². The molecular weight excluding hydrogens is 343 g/mol. The summed E-state index contributed by atoms with van der Waals surface area (Å²) in [5, 5.41) is 3.76. The van der Waals surface area contributed by atoms with Crippen molar-refractivity contribution in [1.82, 2.24) is 0 Å². The van der Waals surface area contributed by atoms with E-state index in [1.54, 1.807) is 23.1 Å². The van der Waals surface area contributed by atoms with Gasteiger partial charge in [0.2, 0.25) is 0 Å². The van der Waals surface area contributed by atoms with Crippen molar-refractivity contribution in [2.75, 3.05) is 10.2 Å². The van der Waals surface area contributed by atoms with E-state index in [1.165, 1.54) is 0 Å². The van der Waals surface area contributed by atoms with Gasteiger partial charge in [-0.2, -0.15) is 0 Å². The van der Waals surface area contributed by atoms with Crippen LogP contribution in [0.15, 0.2) is 78.9 Å². The molecule has 0 radical (unpaired) electrons. The largest absolute Gasteiger partial charge is 0.330 e. The lowest BCUT2D eigenvalue weighted by atomic mass is 10.2. The summed E-state index contributed by atoms with van der Waals surface area (Å²) in [4.78, 5) is 14.5. The average molecular weight is 357 g/mol. The Kier molecular flexibility index (Phi) is 5.04. The Morgan fingerprint density at radius 1 is 0.750 bits per heavy atom. The van der Waals surface area contributed by atoms with Crippen LogP contribution in [-0.4, -0.2) is 6.03 Å². The highest BCUT2D eigenvalue weighted by molar-refractivity contribution is 6.35. The van der Waals surface area contributed by atoms with E-state index in [0.717, 1.165) is 11.4 Å². The Hall–Kier alpha value is -2.49. The van der Waals surface area contributed by atoms with Crippen molar-refractivity contribution >= 4 is 46.3 Å². The van der Waals surface area contributed by atoms with Crippen molar-refractivity contribution in [1.29, 1.82) is 0 Å². The number of benzene rings is 3. The first kappa shape index (κ1) is 16.4. The SMILES string of the molecule is O=C(Nc1cc(Cl)cc(Cl)c1)N(c1ccccc1)c1ccccc1. The number of amides is 2. The van der Waals surface area contributed by atoms with Crippen molar-refractivity contribution in [3.05, 3.63) is 88.9 Å². The molecule has 0 heterocycles. The van der Waals surface area contributed by atoms with Gasteiger partial charge in [0.25, 0.3) is 0 Å². The molecule has 3 rings (SSSR count). The van der Waals surface area contributed by atoms with E-state index in [-0.39, 0.29) is 6.03 Å². The van der Waals surface area contributed by atoms with Gasteiger partial charge in [0.1, 0.15) is 0 Å². The van der Waals surface area contributed by atoms with Crippen molar-refractivity contribution in [2.45, 2.75) is 0 Å². The smallest absolute Gasteiger partial charge is 0.307 e. The Morgan fingerprint density at radius 3 is 1.67 bits per heavy atom. The highest BCUT2D eigenvalue weighted by atomic mass is 35.5. The molecule has 0 spiro atoms. The standard InChI is InChI=1S/C19H14Cl2N2O/c20-14-11-15(21)13-16(12-14)22-19(24)23(17-7-3-1-4-8-17)18-9-5-2-6-10-18/h1-13H,(H,22,24). The molecule has 0 aliphatic carbocycles. The number of carbonyl (C=O) groups excluding carboxylic acids is 1. The van der Waals surface area contributed by atoms with Crippen molar-refractivity contribution in [3.63, 3.8) is 0 Å². The number of rotatable bonds is 3. The lowest BCUT2D eigenvalue weighted by Gasteiger charge is -2.23. The summed E-state index contributed by atoms with van der Waals surface area (Å²) in [5.41, 5.74) is 2.05. The van der Waals surface area contributed by atoms with Crippen LogP contribution in [-0.2, 0) is 0 Å². The monoisotopic (exact) mass is 356 g/mol. The first-order valence-electron chi connectivity index (χ1n) is 7.31. The highest BCUT2D eigenvalue weighted by Gasteiger charge is 2.18. The molecule has 5 heteroatoms. The van der Waals surface area contributed by atoms with Crippen LogP contribution in [0.5, 0.6) is 0 Å². The minimum Gasteiger partial charge on any atom is -0.307 e. The van der Waals surface area contributed by atoms with E-state index >= 15 is 0 Å². The summed E-state index contributed by atoms with van der Waals surface area (Å²) < 4.78 is 0. The van der Waals surface area contributed by atoms with Crippen LogP contribution in [0.4, 0.5) is 21.9 Å². The Morgan fingerprint density at radius 2 is 1.21 bits per heavy atom. The maximum absolute atomic E-state index is 12.9. The van der Waals surface area contributed by atoms with Crippen LogP contribution in [0.1, 0.15) is 0 Å². The summed E-state index contributed by atoms with van der Waals surface area (Å²) in [7, 11) is 0. The second-order valence-electron chi connectivity index (χ2n) is 5.09. The quantitative estimate of drug-likeness (QED) is 0.581. The van der Waals surface area contributed by atoms with E-state index in [0.29, 0.717) is 15.7 Å². The van der Waals surface area contributed by atoms with Gasteiger partial charge < -0.3 is 5.32 Å². The average Bonchev–Trinajstić information content (AvgIpc) is 2.56. The van der Waals surface area contributed by atoms with Crippen molar-refractivity contribution in [3.8, 4) is 0 Å². The minimum absolute atomic E-state index is 0.300. The lowest BCUT2D eigenvalue weighted by molar-refractivity contribution is 0.259. The summed E-state index contributed by atoms with van der Waals surface area (Å²) in [6, 6.07) is 23.5. The molecule has 0 saturated heterocycles. The van der Waals surface area contributed by atoms with Gasteiger partial charge in [-0.3, -0.25) is 4.90 Å². The number of halogens is 2. The summed E-state index contributed by atoms with van der Waals surface area (Å²) in [5.74, 6) is 0. The summed E-state index contributed by atoms with van der Waals surface area (Å²) >= 11 is 12.0. The molecule has 0 bridgehead atoms. The van der Waals surface area contributed by atoms with Crippen LogP contribution >= 0.6 is 23.2 Å². The number of hydrogen-bond donors (Lipinski definition) is 1. The molecule has 24 heavy (non-hydrogen) atoms. The molecule has 0 aliphatic rings. The number of carbonyl (C=O) groups is 1. The van der Waals surface area contributed by atoms with Gasteiger partial charge in [-0.15, -0.1) is 0 Å². The maximum Gasteiger partial charge on any atom is 0.330 e. The second kappa shape index (κ2) is 7.39. The summed E-state index contributed by atoms with van der Waals surface area (Å²) in [6.45, 7) is 0. The van der Waals surface area contributed by atoms with Crippen LogP contribution in [0.3, 0.4) is 0 Å². The molecular formula is C19H14Cl2N2O. The van der Waals surface area contributed by atoms with Crippen molar-refractivity contribution < 1.29 is 4.79 Å². The Balaban J connectivity index is 1.95. The Labute approximate surface area is 150 Å². The predicted octanol–water partition coefficient (Wildman–Crippen LogP) is 6.36. The second-order valence-corrected chi connectivity index (χ2v) is 5.97. The number of anilines is 3. The number of nitrogens with zero attached hydrogens (tertiary/aromatic N) is 1. The maximum atomic E-state index is 12.9. The molecule has 0 unspecified atom stereocenters. The van der Waals surface area contributed by atoms with E-state index in [1.807, 2.05) is 60.7 Å². The third-order valence-corrected chi connectivity index (χ3v) is 3.78. The van der Waals surface area contributed by atoms with Gasteiger partial charge in [-0.05, 0) is 42.5 Å². The number of nitrogens with one attached hydrogen (secondary N) is 1. The van der Waals surface area contributed by atoms with E-state index < -0.39 is 0 Å². The van der Waals surface area contributed by atoms with Gasteiger partial charge in [0.15, 0.2) is 0 Å². The zero-order valence-corrected chi connectivity index (χ0v) is 14.1. The highest BCUT2D eigenvalue weighted by Crippen LogP contribution is 2.27. The molecule has 0 atom stereocenters. The molecule has 0 aliphatic heterocycles. The molecule has 0 saturated carbocycles. The minimum atomic E-state index is -0.300. The third-order valence-electron chi connectivity index (χ3n) is 3.35. The number of para-hydroxylation sites is 2. The number of hydrogen-bond acceptors (Lipinski definition) is 1. The first-order valence-corrected chi connectivity index (χ1v) is 8.06. The molecule has 0 aromatic heterocycles. The van der Waals surface area contributed by atoms with Crippen LogP contribution in [0.25, 0.3) is 0 Å². The van der Waals surface area contributed by atoms with E-state index in [4.69, 9.17) is 23.2 Å². The normalized spacial score (nSPS) is 10.2.